The molecule has 1 aliphatic carbocycles. The highest BCUT2D eigenvalue weighted by molar-refractivity contribution is 6.05. The van der Waals surface area contributed by atoms with Gasteiger partial charge in [-0.2, -0.15) is 0 Å². The average Bonchev–Trinajstić information content (AvgIpc) is 3.15. The molecule has 4 heterocycles. The van der Waals surface area contributed by atoms with Crippen LogP contribution in [0.1, 0.15) is 60.9 Å². The number of piperidine rings is 1. The van der Waals surface area contributed by atoms with E-state index in [1.807, 2.05) is 18.2 Å². The lowest BCUT2D eigenvalue weighted by atomic mass is 9.83. The number of benzene rings is 1. The smallest absolute Gasteiger partial charge is 0.255 e. The number of hydrogen-bond acceptors (Lipinski definition) is 6. The van der Waals surface area contributed by atoms with Crippen LogP contribution in [0.25, 0.3) is 0 Å². The van der Waals surface area contributed by atoms with Gasteiger partial charge in [-0.15, -0.1) is 0 Å². The molecule has 0 radical (unpaired) electrons. The number of rotatable bonds is 5. The Labute approximate surface area is 205 Å². The molecule has 3 atom stereocenters. The Kier molecular flexibility index (Phi) is 6.10. The molecule has 4 aliphatic heterocycles. The monoisotopic (exact) mass is 479 g/mol. The fourth-order valence-corrected chi connectivity index (χ4v) is 6.36. The first kappa shape index (κ1) is 22.7. The summed E-state index contributed by atoms with van der Waals surface area (Å²) >= 11 is 0. The molecule has 8 heteroatoms. The zero-order valence-corrected chi connectivity index (χ0v) is 20.0. The van der Waals surface area contributed by atoms with Crippen LogP contribution in [0, 0.1) is 5.92 Å². The maximum Gasteiger partial charge on any atom is 0.255 e. The second kappa shape index (κ2) is 9.39. The highest BCUT2D eigenvalue weighted by Crippen LogP contribution is 2.36. The Bertz CT molecular complexity index is 1060. The van der Waals surface area contributed by atoms with Gasteiger partial charge in [0.15, 0.2) is 0 Å². The fourth-order valence-electron chi connectivity index (χ4n) is 6.36. The third kappa shape index (κ3) is 4.38. The van der Waals surface area contributed by atoms with Gasteiger partial charge < -0.3 is 14.4 Å². The average molecular weight is 480 g/mol. The molecule has 0 bridgehead atoms. The molecule has 1 unspecified atom stereocenters. The molecule has 6 rings (SSSR count). The molecular formula is C27H33N3O5. The zero-order chi connectivity index (χ0) is 23.9. The van der Waals surface area contributed by atoms with E-state index in [1.54, 1.807) is 10.5 Å². The normalized spacial score (nSPS) is 29.9. The second-order valence-corrected chi connectivity index (χ2v) is 10.5. The van der Waals surface area contributed by atoms with Gasteiger partial charge in [0.05, 0.1) is 13.2 Å². The number of ether oxygens (including phenoxy) is 2. The lowest BCUT2D eigenvalue weighted by Gasteiger charge is -2.49. The van der Waals surface area contributed by atoms with Gasteiger partial charge in [-0.3, -0.25) is 24.6 Å². The van der Waals surface area contributed by atoms with E-state index in [2.05, 4.69) is 16.3 Å². The Morgan fingerprint density at radius 1 is 1.03 bits per heavy atom. The minimum atomic E-state index is -0.593. The van der Waals surface area contributed by atoms with Crippen LogP contribution < -0.4 is 10.1 Å². The number of amides is 3. The Balaban J connectivity index is 1.11. The molecule has 35 heavy (non-hydrogen) atoms. The lowest BCUT2D eigenvalue weighted by molar-refractivity contribution is -0.136. The van der Waals surface area contributed by atoms with Gasteiger partial charge in [0, 0.05) is 43.6 Å². The van der Waals surface area contributed by atoms with Gasteiger partial charge >= 0.3 is 0 Å². The number of likely N-dealkylation sites (tertiary alicyclic amines) is 1. The summed E-state index contributed by atoms with van der Waals surface area (Å²) in [4.78, 5) is 41.0. The van der Waals surface area contributed by atoms with Gasteiger partial charge in [0.1, 0.15) is 17.9 Å². The molecule has 8 nitrogen and oxygen atoms in total. The van der Waals surface area contributed by atoms with Crippen molar-refractivity contribution >= 4 is 17.7 Å². The van der Waals surface area contributed by atoms with E-state index in [9.17, 15) is 14.4 Å². The summed E-state index contributed by atoms with van der Waals surface area (Å²) in [5.74, 6) is 0.651. The van der Waals surface area contributed by atoms with Crippen molar-refractivity contribution < 1.29 is 23.9 Å². The maximum atomic E-state index is 13.0. The van der Waals surface area contributed by atoms with Gasteiger partial charge in [0.2, 0.25) is 11.8 Å². The largest absolute Gasteiger partial charge is 0.489 e. The summed E-state index contributed by atoms with van der Waals surface area (Å²) in [6.07, 6.45) is 8.73. The Morgan fingerprint density at radius 3 is 2.69 bits per heavy atom. The van der Waals surface area contributed by atoms with Crippen LogP contribution in [0.3, 0.4) is 0 Å². The SMILES string of the molecule is O=C1CCC(N2Cc3cc(O[C@H]4CCCC[C@H]4N4CC(C5=CCOCC5)C4)ccc3C2=O)C(=O)N1. The minimum Gasteiger partial charge on any atom is -0.489 e. The van der Waals surface area contributed by atoms with E-state index in [1.165, 1.54) is 12.8 Å². The number of nitrogens with zero attached hydrogens (tertiary/aromatic N) is 2. The standard InChI is InChI=1S/C27H33N3O5/c31-25-8-7-23(26(32)28-25)30-16-18-13-20(5-6-21(18)27(30)33)35-24-4-2-1-3-22(24)29-14-19(15-29)17-9-11-34-12-10-17/h5-6,9,13,19,22-24H,1-4,7-8,10-12,14-16H2,(H,28,31,32)/t22-,23?,24+/m1/s1. The highest BCUT2D eigenvalue weighted by atomic mass is 16.5. The number of fused-ring (bicyclic) bond motifs is 1. The first-order valence-electron chi connectivity index (χ1n) is 13.0. The van der Waals surface area contributed by atoms with E-state index >= 15 is 0 Å². The van der Waals surface area contributed by atoms with E-state index in [0.717, 1.165) is 56.9 Å². The van der Waals surface area contributed by atoms with Crippen molar-refractivity contribution in [2.75, 3.05) is 26.3 Å². The number of carbonyl (C=O) groups is 3. The molecule has 0 aromatic heterocycles. The molecule has 3 fully saturated rings. The molecule has 1 aromatic rings. The molecule has 1 saturated carbocycles. The van der Waals surface area contributed by atoms with Crippen molar-refractivity contribution in [2.45, 2.75) is 69.7 Å². The van der Waals surface area contributed by atoms with Crippen LogP contribution in [0.5, 0.6) is 5.75 Å². The predicted molar refractivity (Wildman–Crippen MR) is 128 cm³/mol. The van der Waals surface area contributed by atoms with Crippen LogP contribution in [0.2, 0.25) is 0 Å². The van der Waals surface area contributed by atoms with E-state index in [4.69, 9.17) is 9.47 Å². The van der Waals surface area contributed by atoms with E-state index in [0.29, 0.717) is 30.5 Å². The number of hydrogen-bond donors (Lipinski definition) is 1. The summed E-state index contributed by atoms with van der Waals surface area (Å²) in [6.45, 7) is 4.19. The second-order valence-electron chi connectivity index (χ2n) is 10.5. The van der Waals surface area contributed by atoms with Crippen LogP contribution in [-0.2, 0) is 20.9 Å². The topological polar surface area (TPSA) is 88.2 Å². The Hall–Kier alpha value is -2.71. The van der Waals surface area contributed by atoms with Crippen molar-refractivity contribution in [3.63, 3.8) is 0 Å². The molecule has 0 spiro atoms. The number of imide groups is 1. The predicted octanol–water partition coefficient (Wildman–Crippen LogP) is 2.42. The highest BCUT2D eigenvalue weighted by Gasteiger charge is 2.41. The van der Waals surface area contributed by atoms with Crippen molar-refractivity contribution in [3.05, 3.63) is 41.0 Å². The Morgan fingerprint density at radius 2 is 1.89 bits per heavy atom. The third-order valence-electron chi connectivity index (χ3n) is 8.35. The van der Waals surface area contributed by atoms with Crippen LogP contribution in [-0.4, -0.2) is 72.0 Å². The summed E-state index contributed by atoms with van der Waals surface area (Å²) in [5.41, 5.74) is 3.07. The van der Waals surface area contributed by atoms with Gasteiger partial charge in [-0.05, 0) is 55.9 Å². The summed E-state index contributed by atoms with van der Waals surface area (Å²) in [5, 5.41) is 2.36. The van der Waals surface area contributed by atoms with Crippen molar-refractivity contribution in [1.29, 1.82) is 0 Å². The molecule has 186 valence electrons. The molecule has 1 aromatic carbocycles. The molecule has 2 saturated heterocycles. The third-order valence-corrected chi connectivity index (χ3v) is 8.35. The van der Waals surface area contributed by atoms with Crippen LogP contribution in [0.15, 0.2) is 29.8 Å². The first-order valence-corrected chi connectivity index (χ1v) is 13.0. The van der Waals surface area contributed by atoms with E-state index in [-0.39, 0.29) is 30.2 Å². The lowest BCUT2D eigenvalue weighted by Crippen LogP contribution is -2.58. The number of nitrogens with one attached hydrogen (secondary N) is 1. The van der Waals surface area contributed by atoms with Crippen molar-refractivity contribution in [2.24, 2.45) is 5.92 Å². The van der Waals surface area contributed by atoms with Crippen LogP contribution in [0.4, 0.5) is 0 Å². The summed E-state index contributed by atoms with van der Waals surface area (Å²) in [7, 11) is 0. The maximum absolute atomic E-state index is 13.0. The van der Waals surface area contributed by atoms with Gasteiger partial charge in [-0.1, -0.05) is 18.1 Å². The molecule has 1 N–H and O–H groups in total. The van der Waals surface area contributed by atoms with Crippen LogP contribution >= 0.6 is 0 Å². The minimum absolute atomic E-state index is 0.148. The van der Waals surface area contributed by atoms with Gasteiger partial charge in [0.25, 0.3) is 5.91 Å². The number of carbonyl (C=O) groups excluding carboxylic acids is 3. The molecule has 5 aliphatic rings. The van der Waals surface area contributed by atoms with Crippen molar-refractivity contribution in [3.8, 4) is 5.75 Å². The summed E-state index contributed by atoms with van der Waals surface area (Å²) < 4.78 is 12.0. The van der Waals surface area contributed by atoms with E-state index < -0.39 is 6.04 Å². The fraction of sp³-hybridized carbons (Fsp3) is 0.593. The first-order chi connectivity index (χ1) is 17.1. The quantitative estimate of drug-likeness (QED) is 0.516. The molecule has 3 amide bonds. The van der Waals surface area contributed by atoms with Crippen molar-refractivity contribution in [1.82, 2.24) is 15.1 Å². The summed E-state index contributed by atoms with van der Waals surface area (Å²) in [6, 6.07) is 5.52. The zero-order valence-electron chi connectivity index (χ0n) is 20.0. The van der Waals surface area contributed by atoms with Gasteiger partial charge in [-0.25, -0.2) is 0 Å². The molecular weight excluding hydrogens is 446 g/mol.